The van der Waals surface area contributed by atoms with Crippen LogP contribution in [0.3, 0.4) is 0 Å². The molecule has 2 aromatic carbocycles. The molecule has 0 unspecified atom stereocenters. The highest BCUT2D eigenvalue weighted by Gasteiger charge is 2.13. The lowest BCUT2D eigenvalue weighted by atomic mass is 10.0. The van der Waals surface area contributed by atoms with Gasteiger partial charge in [0.1, 0.15) is 12.0 Å². The average Bonchev–Trinajstić information content (AvgIpc) is 3.22. The van der Waals surface area contributed by atoms with Gasteiger partial charge in [-0.25, -0.2) is 0 Å². The highest BCUT2D eigenvalue weighted by atomic mass is 35.5. The lowest BCUT2D eigenvalue weighted by Gasteiger charge is -2.00. The maximum atomic E-state index is 11.5. The van der Waals surface area contributed by atoms with Crippen LogP contribution < -0.4 is 0 Å². The lowest BCUT2D eigenvalue weighted by molar-refractivity contribution is 0.0976. The SMILES string of the molecule is N#CC(C#N)CC(=O)c1ccc(Cl)cc1.N#Cc1c[nH]c(-c2ccc(Cl)cc2)c1. The number of aromatic amines is 1. The van der Waals surface area contributed by atoms with Crippen molar-refractivity contribution in [1.29, 1.82) is 15.8 Å². The number of H-pyrrole nitrogens is 1. The Kier molecular flexibility index (Phi) is 8.01. The van der Waals surface area contributed by atoms with Gasteiger partial charge in [-0.1, -0.05) is 35.3 Å². The van der Waals surface area contributed by atoms with Crippen LogP contribution in [0.25, 0.3) is 11.3 Å². The van der Waals surface area contributed by atoms with E-state index in [2.05, 4.69) is 11.1 Å². The summed E-state index contributed by atoms with van der Waals surface area (Å²) in [5, 5.41) is 26.9. The molecule has 142 valence electrons. The molecule has 0 bridgehead atoms. The first-order chi connectivity index (χ1) is 14.0. The molecule has 29 heavy (non-hydrogen) atoms. The third-order valence-corrected chi connectivity index (χ3v) is 4.34. The molecule has 0 fully saturated rings. The van der Waals surface area contributed by atoms with Crippen LogP contribution in [-0.2, 0) is 0 Å². The van der Waals surface area contributed by atoms with E-state index in [1.807, 2.05) is 30.3 Å². The minimum atomic E-state index is -0.881. The van der Waals surface area contributed by atoms with Crippen LogP contribution in [0.1, 0.15) is 22.3 Å². The monoisotopic (exact) mass is 420 g/mol. The van der Waals surface area contributed by atoms with Crippen LogP contribution in [0.4, 0.5) is 0 Å². The van der Waals surface area contributed by atoms with Gasteiger partial charge in [-0.15, -0.1) is 0 Å². The first-order valence-corrected chi connectivity index (χ1v) is 9.15. The zero-order chi connectivity index (χ0) is 21.2. The van der Waals surface area contributed by atoms with Crippen molar-refractivity contribution >= 4 is 29.0 Å². The standard InChI is InChI=1S/C11H7ClN2O.C11H7ClN2/c12-10-3-1-9(2-4-10)11(15)5-8(6-13)7-14;12-10-3-1-9(2-4-10)11-5-8(6-13)7-14-11/h1-4,8H,5H2;1-5,7,14H. The smallest absolute Gasteiger partial charge is 0.165 e. The number of halogens is 2. The normalized spacial score (nSPS) is 9.52. The third kappa shape index (κ3) is 6.52. The summed E-state index contributed by atoms with van der Waals surface area (Å²) in [7, 11) is 0. The minimum Gasteiger partial charge on any atom is -0.360 e. The topological polar surface area (TPSA) is 104 Å². The molecule has 1 heterocycles. The Labute approximate surface area is 178 Å². The predicted molar refractivity (Wildman–Crippen MR) is 111 cm³/mol. The van der Waals surface area contributed by atoms with E-state index < -0.39 is 5.92 Å². The fourth-order valence-electron chi connectivity index (χ4n) is 2.31. The molecule has 0 spiro atoms. The molecule has 0 atom stereocenters. The molecule has 0 aliphatic heterocycles. The van der Waals surface area contributed by atoms with E-state index in [4.69, 9.17) is 39.0 Å². The third-order valence-electron chi connectivity index (χ3n) is 3.83. The van der Waals surface area contributed by atoms with Crippen LogP contribution in [-0.4, -0.2) is 10.8 Å². The Hall–Kier alpha value is -3.56. The van der Waals surface area contributed by atoms with Gasteiger partial charge in [0, 0.05) is 33.9 Å². The maximum Gasteiger partial charge on any atom is 0.165 e. The fourth-order valence-corrected chi connectivity index (χ4v) is 2.57. The second-order valence-corrected chi connectivity index (χ2v) is 6.74. The molecule has 3 aromatic rings. The highest BCUT2D eigenvalue weighted by molar-refractivity contribution is 6.30. The van der Waals surface area contributed by atoms with E-state index in [0.717, 1.165) is 11.3 Å². The summed E-state index contributed by atoms with van der Waals surface area (Å²) in [4.78, 5) is 14.6. The molecule has 1 aromatic heterocycles. The predicted octanol–water partition coefficient (Wildman–Crippen LogP) is 5.78. The van der Waals surface area contributed by atoms with Gasteiger partial charge in [-0.2, -0.15) is 15.8 Å². The van der Waals surface area contributed by atoms with Crippen molar-refractivity contribution in [3.05, 3.63) is 82.0 Å². The van der Waals surface area contributed by atoms with Gasteiger partial charge in [0.15, 0.2) is 5.78 Å². The number of ketones is 1. The summed E-state index contributed by atoms with van der Waals surface area (Å²) in [6, 6.07) is 21.2. The second kappa shape index (κ2) is 10.7. The summed E-state index contributed by atoms with van der Waals surface area (Å²) in [5.74, 6) is -1.10. The zero-order valence-electron chi connectivity index (χ0n) is 15.1. The van der Waals surface area contributed by atoms with Crippen molar-refractivity contribution in [1.82, 2.24) is 4.98 Å². The second-order valence-electron chi connectivity index (χ2n) is 5.87. The quantitative estimate of drug-likeness (QED) is 0.539. The molecular weight excluding hydrogens is 407 g/mol. The van der Waals surface area contributed by atoms with Gasteiger partial charge in [-0.05, 0) is 48.0 Å². The van der Waals surface area contributed by atoms with E-state index >= 15 is 0 Å². The number of aromatic nitrogens is 1. The molecule has 0 amide bonds. The number of carbonyl (C=O) groups excluding carboxylic acids is 1. The van der Waals surface area contributed by atoms with Crippen LogP contribution in [0, 0.1) is 39.9 Å². The molecule has 0 aliphatic carbocycles. The van der Waals surface area contributed by atoms with E-state index in [1.165, 1.54) is 0 Å². The Morgan fingerprint density at radius 1 is 0.931 bits per heavy atom. The highest BCUT2D eigenvalue weighted by Crippen LogP contribution is 2.20. The zero-order valence-corrected chi connectivity index (χ0v) is 16.6. The molecule has 5 nitrogen and oxygen atoms in total. The number of nitrogens with one attached hydrogen (secondary N) is 1. The summed E-state index contributed by atoms with van der Waals surface area (Å²) in [6.07, 6.45) is 1.61. The molecule has 0 saturated heterocycles. The summed E-state index contributed by atoms with van der Waals surface area (Å²) >= 11 is 11.4. The lowest BCUT2D eigenvalue weighted by Crippen LogP contribution is -2.05. The van der Waals surface area contributed by atoms with Crippen molar-refractivity contribution in [2.24, 2.45) is 5.92 Å². The number of carbonyl (C=O) groups is 1. The Balaban J connectivity index is 0.000000207. The first-order valence-electron chi connectivity index (χ1n) is 8.39. The summed E-state index contributed by atoms with van der Waals surface area (Å²) < 4.78 is 0. The van der Waals surface area contributed by atoms with E-state index in [0.29, 0.717) is 21.2 Å². The van der Waals surface area contributed by atoms with Crippen molar-refractivity contribution < 1.29 is 4.79 Å². The molecule has 7 heteroatoms. The summed E-state index contributed by atoms with van der Waals surface area (Å²) in [5.41, 5.74) is 3.05. The Morgan fingerprint density at radius 3 is 1.97 bits per heavy atom. The van der Waals surface area contributed by atoms with Gasteiger partial charge in [0.2, 0.25) is 0 Å². The number of Topliss-reactive ketones (excluding diaryl/α,β-unsaturated/α-hetero) is 1. The molecule has 0 aliphatic rings. The van der Waals surface area contributed by atoms with Crippen LogP contribution in [0.5, 0.6) is 0 Å². The van der Waals surface area contributed by atoms with E-state index in [1.54, 1.807) is 42.6 Å². The number of nitrogens with zero attached hydrogens (tertiary/aromatic N) is 3. The Bertz CT molecular complexity index is 1080. The number of benzene rings is 2. The minimum absolute atomic E-state index is 0.0748. The van der Waals surface area contributed by atoms with Crippen molar-refractivity contribution in [3.8, 4) is 29.5 Å². The number of nitriles is 3. The van der Waals surface area contributed by atoms with E-state index in [9.17, 15) is 4.79 Å². The van der Waals surface area contributed by atoms with Gasteiger partial charge in [-0.3, -0.25) is 4.79 Å². The van der Waals surface area contributed by atoms with Crippen LogP contribution in [0.15, 0.2) is 60.8 Å². The average molecular weight is 421 g/mol. The number of rotatable bonds is 4. The van der Waals surface area contributed by atoms with Crippen molar-refractivity contribution in [2.45, 2.75) is 6.42 Å². The van der Waals surface area contributed by atoms with E-state index in [-0.39, 0.29) is 12.2 Å². The maximum absolute atomic E-state index is 11.5. The first kappa shape index (κ1) is 21.7. The molecule has 1 N–H and O–H groups in total. The van der Waals surface area contributed by atoms with Gasteiger partial charge < -0.3 is 4.98 Å². The molecule has 3 rings (SSSR count). The fraction of sp³-hybridized carbons (Fsp3) is 0.0909. The Morgan fingerprint density at radius 2 is 1.48 bits per heavy atom. The van der Waals surface area contributed by atoms with Gasteiger partial charge in [0.25, 0.3) is 0 Å². The number of hydrogen-bond donors (Lipinski definition) is 1. The van der Waals surface area contributed by atoms with Gasteiger partial charge in [0.05, 0.1) is 17.7 Å². The van der Waals surface area contributed by atoms with Gasteiger partial charge >= 0.3 is 0 Å². The summed E-state index contributed by atoms with van der Waals surface area (Å²) in [6.45, 7) is 0. The number of hydrogen-bond acceptors (Lipinski definition) is 4. The van der Waals surface area contributed by atoms with Crippen molar-refractivity contribution in [3.63, 3.8) is 0 Å². The largest absolute Gasteiger partial charge is 0.360 e. The van der Waals surface area contributed by atoms with Crippen molar-refractivity contribution in [2.75, 3.05) is 0 Å². The molecular formula is C22H14Cl2N4O. The molecule has 0 radical (unpaired) electrons. The van der Waals surface area contributed by atoms with Crippen LogP contribution >= 0.6 is 23.2 Å². The van der Waals surface area contributed by atoms with Crippen LogP contribution in [0.2, 0.25) is 10.0 Å². The molecule has 0 saturated carbocycles.